The molecule has 2 aromatic carbocycles. The lowest BCUT2D eigenvalue weighted by Crippen LogP contribution is -2.12. The van der Waals surface area contributed by atoms with Crippen molar-refractivity contribution in [3.05, 3.63) is 59.7 Å². The van der Waals surface area contributed by atoms with Crippen LogP contribution in [-0.4, -0.2) is 16.2 Å². The van der Waals surface area contributed by atoms with Gasteiger partial charge in [-0.3, -0.25) is 0 Å². The van der Waals surface area contributed by atoms with Crippen molar-refractivity contribution in [2.24, 2.45) is 0 Å². The third-order valence-corrected chi connectivity index (χ3v) is 2.68. The molecule has 0 radical (unpaired) electrons. The molecule has 3 nitrogen and oxygen atoms in total. The Kier molecular flexibility index (Phi) is 3.57. The second-order valence-electron chi connectivity index (χ2n) is 3.98. The van der Waals surface area contributed by atoms with Gasteiger partial charge in [0.25, 0.3) is 0 Å². The molecule has 1 atom stereocenters. The Morgan fingerprint density at radius 2 is 1.74 bits per heavy atom. The highest BCUT2D eigenvalue weighted by Gasteiger charge is 2.21. The predicted molar refractivity (Wildman–Crippen MR) is 64.4 cm³/mol. The third kappa shape index (κ3) is 2.77. The van der Waals surface area contributed by atoms with Gasteiger partial charge in [0.15, 0.2) is 6.10 Å². The standard InChI is InChI=1S/C14H10F2O3/c15-9-3-1-2-8(6-9)11-5-4-10(16)7-12(11)13(17)14(18)19/h1-7,13,17H,(H,18,19). The zero-order valence-electron chi connectivity index (χ0n) is 9.68. The smallest absolute Gasteiger partial charge is 0.337 e. The fraction of sp³-hybridized carbons (Fsp3) is 0.0714. The van der Waals surface area contributed by atoms with Gasteiger partial charge in [-0.2, -0.15) is 0 Å². The van der Waals surface area contributed by atoms with Gasteiger partial charge in [0, 0.05) is 5.56 Å². The van der Waals surface area contributed by atoms with E-state index in [-0.39, 0.29) is 11.1 Å². The number of carboxylic acid groups (broad SMARTS) is 1. The van der Waals surface area contributed by atoms with Crippen LogP contribution in [0.2, 0.25) is 0 Å². The van der Waals surface area contributed by atoms with E-state index in [0.29, 0.717) is 5.56 Å². The Morgan fingerprint density at radius 3 is 2.37 bits per heavy atom. The van der Waals surface area contributed by atoms with Crippen LogP contribution < -0.4 is 0 Å². The van der Waals surface area contributed by atoms with Crippen molar-refractivity contribution in [3.8, 4) is 11.1 Å². The van der Waals surface area contributed by atoms with Crippen LogP contribution in [0.1, 0.15) is 11.7 Å². The Balaban J connectivity index is 2.60. The third-order valence-electron chi connectivity index (χ3n) is 2.68. The van der Waals surface area contributed by atoms with Crippen molar-refractivity contribution in [3.63, 3.8) is 0 Å². The zero-order chi connectivity index (χ0) is 14.0. The number of halogens is 2. The molecule has 0 fully saturated rings. The van der Waals surface area contributed by atoms with Gasteiger partial charge in [-0.05, 0) is 35.4 Å². The van der Waals surface area contributed by atoms with Gasteiger partial charge in [-0.15, -0.1) is 0 Å². The van der Waals surface area contributed by atoms with Gasteiger partial charge in [0.05, 0.1) is 0 Å². The van der Waals surface area contributed by atoms with Crippen molar-refractivity contribution < 1.29 is 23.8 Å². The van der Waals surface area contributed by atoms with E-state index in [0.717, 1.165) is 12.1 Å². The van der Waals surface area contributed by atoms with E-state index < -0.39 is 23.7 Å². The summed E-state index contributed by atoms with van der Waals surface area (Å²) in [6.45, 7) is 0. The number of carbonyl (C=O) groups is 1. The lowest BCUT2D eigenvalue weighted by molar-refractivity contribution is -0.146. The number of benzene rings is 2. The Hall–Kier alpha value is -2.27. The van der Waals surface area contributed by atoms with E-state index in [4.69, 9.17) is 5.11 Å². The van der Waals surface area contributed by atoms with Crippen LogP contribution in [0.25, 0.3) is 11.1 Å². The van der Waals surface area contributed by atoms with E-state index in [1.807, 2.05) is 0 Å². The van der Waals surface area contributed by atoms with Crippen LogP contribution in [0.3, 0.4) is 0 Å². The summed E-state index contributed by atoms with van der Waals surface area (Å²) in [6, 6.07) is 8.79. The minimum atomic E-state index is -1.87. The van der Waals surface area contributed by atoms with Gasteiger partial charge in [-0.25, -0.2) is 13.6 Å². The van der Waals surface area contributed by atoms with Crippen molar-refractivity contribution in [1.29, 1.82) is 0 Å². The highest BCUT2D eigenvalue weighted by Crippen LogP contribution is 2.29. The SMILES string of the molecule is O=C(O)C(O)c1cc(F)ccc1-c1cccc(F)c1. The monoisotopic (exact) mass is 264 g/mol. The van der Waals surface area contributed by atoms with Crippen molar-refractivity contribution in [2.45, 2.75) is 6.10 Å². The molecular formula is C14H10F2O3. The molecule has 98 valence electrons. The first-order chi connectivity index (χ1) is 8.99. The topological polar surface area (TPSA) is 57.5 Å². The Morgan fingerprint density at radius 1 is 1.05 bits per heavy atom. The number of aliphatic carboxylic acids is 1. The first-order valence-corrected chi connectivity index (χ1v) is 5.45. The summed E-state index contributed by atoms with van der Waals surface area (Å²) in [5, 5.41) is 18.4. The summed E-state index contributed by atoms with van der Waals surface area (Å²) in [4.78, 5) is 10.8. The fourth-order valence-electron chi connectivity index (χ4n) is 1.81. The van der Waals surface area contributed by atoms with Crippen molar-refractivity contribution in [2.75, 3.05) is 0 Å². The van der Waals surface area contributed by atoms with Crippen LogP contribution in [0.15, 0.2) is 42.5 Å². The average Bonchev–Trinajstić information content (AvgIpc) is 2.37. The van der Waals surface area contributed by atoms with Gasteiger partial charge in [-0.1, -0.05) is 18.2 Å². The maximum atomic E-state index is 13.2. The summed E-state index contributed by atoms with van der Waals surface area (Å²) in [5.74, 6) is -2.67. The number of carboxylic acids is 1. The summed E-state index contributed by atoms with van der Waals surface area (Å²) < 4.78 is 26.4. The number of rotatable bonds is 3. The second kappa shape index (κ2) is 5.16. The quantitative estimate of drug-likeness (QED) is 0.896. The molecule has 0 heterocycles. The van der Waals surface area contributed by atoms with E-state index >= 15 is 0 Å². The van der Waals surface area contributed by atoms with Crippen molar-refractivity contribution >= 4 is 5.97 Å². The summed E-state index contributed by atoms with van der Waals surface area (Å²) in [5.41, 5.74) is 0.532. The highest BCUT2D eigenvalue weighted by atomic mass is 19.1. The summed E-state index contributed by atoms with van der Waals surface area (Å²) in [6.07, 6.45) is -1.87. The van der Waals surface area contributed by atoms with E-state index in [9.17, 15) is 18.7 Å². The fourth-order valence-corrected chi connectivity index (χ4v) is 1.81. The molecule has 1 unspecified atom stereocenters. The highest BCUT2D eigenvalue weighted by molar-refractivity contribution is 5.79. The normalized spacial score (nSPS) is 12.2. The molecule has 0 aliphatic rings. The molecular weight excluding hydrogens is 254 g/mol. The second-order valence-corrected chi connectivity index (χ2v) is 3.98. The molecule has 0 aliphatic carbocycles. The average molecular weight is 264 g/mol. The Bertz CT molecular complexity index is 626. The number of hydrogen-bond donors (Lipinski definition) is 2. The van der Waals surface area contributed by atoms with Crippen LogP contribution >= 0.6 is 0 Å². The molecule has 0 saturated carbocycles. The summed E-state index contributed by atoms with van der Waals surface area (Å²) >= 11 is 0. The van der Waals surface area contributed by atoms with Gasteiger partial charge >= 0.3 is 5.97 Å². The number of hydrogen-bond acceptors (Lipinski definition) is 2. The molecule has 2 aromatic rings. The van der Waals surface area contributed by atoms with Crippen LogP contribution in [-0.2, 0) is 4.79 Å². The molecule has 0 saturated heterocycles. The minimum absolute atomic E-state index is 0.113. The Labute approximate surface area is 107 Å². The van der Waals surface area contributed by atoms with Crippen LogP contribution in [0.5, 0.6) is 0 Å². The largest absolute Gasteiger partial charge is 0.479 e. The van der Waals surface area contributed by atoms with E-state index in [2.05, 4.69) is 0 Å². The molecule has 0 bridgehead atoms. The first kappa shape index (κ1) is 13.2. The van der Waals surface area contributed by atoms with Crippen molar-refractivity contribution in [1.82, 2.24) is 0 Å². The first-order valence-electron chi connectivity index (χ1n) is 5.45. The molecule has 0 spiro atoms. The molecule has 19 heavy (non-hydrogen) atoms. The summed E-state index contributed by atoms with van der Waals surface area (Å²) in [7, 11) is 0. The number of aliphatic hydroxyl groups excluding tert-OH is 1. The van der Waals surface area contributed by atoms with E-state index in [1.54, 1.807) is 6.07 Å². The van der Waals surface area contributed by atoms with Gasteiger partial charge in [0.1, 0.15) is 11.6 Å². The maximum Gasteiger partial charge on any atom is 0.337 e. The number of aliphatic hydroxyl groups is 1. The molecule has 5 heteroatoms. The lowest BCUT2D eigenvalue weighted by atomic mass is 9.96. The molecule has 0 amide bonds. The molecule has 2 rings (SSSR count). The van der Waals surface area contributed by atoms with Crippen LogP contribution in [0.4, 0.5) is 8.78 Å². The van der Waals surface area contributed by atoms with Gasteiger partial charge in [0.2, 0.25) is 0 Å². The molecule has 0 aliphatic heterocycles. The molecule has 0 aromatic heterocycles. The maximum absolute atomic E-state index is 13.2. The van der Waals surface area contributed by atoms with Gasteiger partial charge < -0.3 is 10.2 Å². The lowest BCUT2D eigenvalue weighted by Gasteiger charge is -2.12. The zero-order valence-corrected chi connectivity index (χ0v) is 9.68. The molecule has 2 N–H and O–H groups in total. The minimum Gasteiger partial charge on any atom is -0.479 e. The predicted octanol–water partition coefficient (Wildman–Crippen LogP) is 2.75. The van der Waals surface area contributed by atoms with E-state index in [1.165, 1.54) is 24.3 Å². The van der Waals surface area contributed by atoms with Crippen LogP contribution in [0, 0.1) is 11.6 Å².